The number of alkyl halides is 3. The molecule has 2 heterocycles. The van der Waals surface area contributed by atoms with Crippen molar-refractivity contribution in [3.63, 3.8) is 0 Å². The van der Waals surface area contributed by atoms with E-state index in [1.165, 1.54) is 6.92 Å². The lowest BCUT2D eigenvalue weighted by Crippen LogP contribution is -2.41. The topological polar surface area (TPSA) is 59.5 Å². The molecule has 0 N–H and O–H groups in total. The Morgan fingerprint density at radius 2 is 1.81 bits per heavy atom. The Morgan fingerprint density at radius 1 is 1.22 bits per heavy atom. The Morgan fingerprint density at radius 3 is 2.30 bits per heavy atom. The van der Waals surface area contributed by atoms with Gasteiger partial charge in [-0.3, -0.25) is 4.79 Å². The van der Waals surface area contributed by atoms with E-state index in [1.54, 1.807) is 25.7 Å². The molecular weight excluding hydrogens is 381 g/mol. The maximum atomic E-state index is 12.8. The van der Waals surface area contributed by atoms with Crippen LogP contribution in [0, 0.1) is 24.7 Å². The van der Waals surface area contributed by atoms with E-state index in [4.69, 9.17) is 4.74 Å². The van der Waals surface area contributed by atoms with Crippen molar-refractivity contribution in [3.05, 3.63) is 15.6 Å². The Bertz CT molecular complexity index is 776. The van der Waals surface area contributed by atoms with E-state index in [-0.39, 0.29) is 21.9 Å². The highest BCUT2D eigenvalue weighted by molar-refractivity contribution is 7.13. The summed E-state index contributed by atoms with van der Waals surface area (Å²) in [5.74, 6) is 4.39. The summed E-state index contributed by atoms with van der Waals surface area (Å²) in [6, 6.07) is 0. The van der Waals surface area contributed by atoms with Crippen molar-refractivity contribution in [1.82, 2.24) is 9.88 Å². The fourth-order valence-electron chi connectivity index (χ4n) is 2.51. The molecule has 27 heavy (non-hydrogen) atoms. The van der Waals surface area contributed by atoms with Crippen molar-refractivity contribution < 1.29 is 27.5 Å². The van der Waals surface area contributed by atoms with Gasteiger partial charge in [0.25, 0.3) is 5.78 Å². The lowest BCUT2D eigenvalue weighted by Gasteiger charge is -2.31. The number of piperidine rings is 1. The number of hydrogen-bond acceptors (Lipinski definition) is 5. The number of rotatable bonds is 1. The van der Waals surface area contributed by atoms with Gasteiger partial charge in [0.15, 0.2) is 10.7 Å². The molecule has 148 valence electrons. The van der Waals surface area contributed by atoms with Gasteiger partial charge in [-0.2, -0.15) is 13.2 Å². The second-order valence-corrected chi connectivity index (χ2v) is 8.46. The van der Waals surface area contributed by atoms with Crippen molar-refractivity contribution in [2.75, 3.05) is 13.1 Å². The van der Waals surface area contributed by atoms with Crippen LogP contribution < -0.4 is 0 Å². The van der Waals surface area contributed by atoms with Crippen molar-refractivity contribution in [1.29, 1.82) is 0 Å². The SMILES string of the molecule is Cc1sc(C(=O)C#CC2CCN(C(=O)OC(C)(C)C)CC2)nc1C(F)(F)F. The highest BCUT2D eigenvalue weighted by atomic mass is 32.1. The summed E-state index contributed by atoms with van der Waals surface area (Å²) in [4.78, 5) is 29.0. The second kappa shape index (κ2) is 7.89. The minimum absolute atomic E-state index is 0.0571. The lowest BCUT2D eigenvalue weighted by molar-refractivity contribution is -0.141. The van der Waals surface area contributed by atoms with Crippen LogP contribution in [0.2, 0.25) is 0 Å². The number of aryl methyl sites for hydroxylation is 1. The number of ether oxygens (including phenoxy) is 1. The predicted octanol–water partition coefficient (Wildman–Crippen LogP) is 4.30. The Hall–Kier alpha value is -2.08. The van der Waals surface area contributed by atoms with Crippen molar-refractivity contribution in [2.45, 2.75) is 52.3 Å². The third kappa shape index (κ3) is 5.96. The summed E-state index contributed by atoms with van der Waals surface area (Å²) in [6.07, 6.45) is -3.82. The van der Waals surface area contributed by atoms with E-state index in [0.29, 0.717) is 37.3 Å². The van der Waals surface area contributed by atoms with Crippen LogP contribution in [-0.2, 0) is 10.9 Å². The summed E-state index contributed by atoms with van der Waals surface area (Å²) < 4.78 is 43.6. The monoisotopic (exact) mass is 402 g/mol. The van der Waals surface area contributed by atoms with E-state index in [2.05, 4.69) is 16.8 Å². The average molecular weight is 402 g/mol. The summed E-state index contributed by atoms with van der Waals surface area (Å²) in [7, 11) is 0. The number of nitrogens with zero attached hydrogens (tertiary/aromatic N) is 2. The lowest BCUT2D eigenvalue weighted by atomic mass is 9.97. The number of aromatic nitrogens is 1. The van der Waals surface area contributed by atoms with Crippen LogP contribution >= 0.6 is 11.3 Å². The fraction of sp³-hybridized carbons (Fsp3) is 0.611. The molecule has 0 radical (unpaired) electrons. The molecule has 1 aromatic rings. The minimum atomic E-state index is -4.58. The van der Waals surface area contributed by atoms with E-state index in [1.807, 2.05) is 0 Å². The van der Waals surface area contributed by atoms with Crippen LogP contribution in [0.5, 0.6) is 0 Å². The molecule has 2 rings (SSSR count). The Balaban J connectivity index is 1.94. The molecule has 0 unspecified atom stereocenters. The van der Waals surface area contributed by atoms with Gasteiger partial charge >= 0.3 is 12.3 Å². The zero-order valence-electron chi connectivity index (χ0n) is 15.6. The molecule has 0 aliphatic carbocycles. The van der Waals surface area contributed by atoms with Gasteiger partial charge in [0.05, 0.1) is 0 Å². The van der Waals surface area contributed by atoms with Gasteiger partial charge in [-0.15, -0.1) is 11.3 Å². The van der Waals surface area contributed by atoms with Gasteiger partial charge in [-0.05, 0) is 46.5 Å². The normalized spacial score (nSPS) is 15.9. The first kappa shape index (κ1) is 21.2. The van der Waals surface area contributed by atoms with Crippen LogP contribution in [0.4, 0.5) is 18.0 Å². The quantitative estimate of drug-likeness (QED) is 0.399. The second-order valence-electron chi connectivity index (χ2n) is 7.26. The molecule has 1 aromatic heterocycles. The van der Waals surface area contributed by atoms with E-state index in [9.17, 15) is 22.8 Å². The van der Waals surface area contributed by atoms with Gasteiger partial charge in [0.1, 0.15) is 5.60 Å². The highest BCUT2D eigenvalue weighted by Crippen LogP contribution is 2.33. The van der Waals surface area contributed by atoms with Gasteiger partial charge in [0, 0.05) is 23.9 Å². The molecule has 1 aliphatic heterocycles. The molecule has 1 fully saturated rings. The van der Waals surface area contributed by atoms with Gasteiger partial charge < -0.3 is 9.64 Å². The third-order valence-electron chi connectivity index (χ3n) is 3.80. The van der Waals surface area contributed by atoms with Gasteiger partial charge in [-0.1, -0.05) is 5.92 Å². The molecule has 5 nitrogen and oxygen atoms in total. The molecule has 0 aromatic carbocycles. The number of halogens is 3. The van der Waals surface area contributed by atoms with Crippen LogP contribution in [0.1, 0.15) is 54.0 Å². The van der Waals surface area contributed by atoms with Crippen LogP contribution in [-0.4, -0.2) is 40.5 Å². The fourth-order valence-corrected chi connectivity index (χ4v) is 3.34. The average Bonchev–Trinajstić information content (AvgIpc) is 2.93. The number of carbonyl (C=O) groups excluding carboxylic acids is 2. The summed E-state index contributed by atoms with van der Waals surface area (Å²) in [6.45, 7) is 7.56. The molecule has 0 saturated carbocycles. The smallest absolute Gasteiger partial charge is 0.434 e. The number of carbonyl (C=O) groups is 2. The number of ketones is 1. The zero-order valence-corrected chi connectivity index (χ0v) is 16.4. The number of Topliss-reactive ketones (excluding diaryl/α,β-unsaturated/α-hetero) is 1. The van der Waals surface area contributed by atoms with Crippen molar-refractivity contribution >= 4 is 23.2 Å². The number of likely N-dealkylation sites (tertiary alicyclic amines) is 1. The molecule has 9 heteroatoms. The summed E-state index contributed by atoms with van der Waals surface area (Å²) >= 11 is 0.693. The van der Waals surface area contributed by atoms with E-state index in [0.717, 1.165) is 0 Å². The molecule has 0 bridgehead atoms. The number of amides is 1. The molecule has 0 atom stereocenters. The predicted molar refractivity (Wildman–Crippen MR) is 94.5 cm³/mol. The summed E-state index contributed by atoms with van der Waals surface area (Å²) in [5.41, 5.74) is -1.61. The number of hydrogen-bond donors (Lipinski definition) is 0. The molecule has 1 amide bonds. The van der Waals surface area contributed by atoms with Crippen LogP contribution in [0.15, 0.2) is 0 Å². The van der Waals surface area contributed by atoms with Crippen LogP contribution in [0.25, 0.3) is 0 Å². The van der Waals surface area contributed by atoms with Crippen molar-refractivity contribution in [2.24, 2.45) is 5.92 Å². The van der Waals surface area contributed by atoms with E-state index >= 15 is 0 Å². The zero-order chi connectivity index (χ0) is 20.4. The Kier molecular flexibility index (Phi) is 6.20. The Labute approximate surface area is 159 Å². The maximum absolute atomic E-state index is 12.8. The van der Waals surface area contributed by atoms with E-state index < -0.39 is 23.3 Å². The first-order chi connectivity index (χ1) is 12.4. The first-order valence-corrected chi connectivity index (χ1v) is 9.27. The van der Waals surface area contributed by atoms with Gasteiger partial charge in [0.2, 0.25) is 0 Å². The highest BCUT2D eigenvalue weighted by Gasteiger charge is 2.36. The van der Waals surface area contributed by atoms with Gasteiger partial charge in [-0.25, -0.2) is 9.78 Å². The standard InChI is InChI=1S/C18H21F3N2O3S/c1-11-14(18(19,20)21)22-15(27-11)13(24)6-5-12-7-9-23(10-8-12)16(25)26-17(2,3)4/h12H,7-10H2,1-4H3. The molecule has 0 spiro atoms. The maximum Gasteiger partial charge on any atom is 0.434 e. The van der Waals surface area contributed by atoms with Crippen LogP contribution in [0.3, 0.4) is 0 Å². The first-order valence-electron chi connectivity index (χ1n) is 8.45. The molecular formula is C18H21F3N2O3S. The summed E-state index contributed by atoms with van der Waals surface area (Å²) in [5, 5.41) is -0.251. The largest absolute Gasteiger partial charge is 0.444 e. The minimum Gasteiger partial charge on any atom is -0.444 e. The number of thiazole rings is 1. The molecule has 1 saturated heterocycles. The third-order valence-corrected chi connectivity index (χ3v) is 4.77. The van der Waals surface area contributed by atoms with Crippen molar-refractivity contribution in [3.8, 4) is 11.8 Å². The molecule has 1 aliphatic rings.